The largest absolute Gasteiger partial charge is 0.355 e. The van der Waals surface area contributed by atoms with Crippen LogP contribution in [0, 0.1) is 0 Å². The second-order valence-corrected chi connectivity index (χ2v) is 3.29. The first-order valence-corrected chi connectivity index (χ1v) is 4.64. The maximum Gasteiger partial charge on any atom is 0.251 e. The lowest BCUT2D eigenvalue weighted by Crippen LogP contribution is -2.20. The second-order valence-electron chi connectivity index (χ2n) is 3.29. The van der Waals surface area contributed by atoms with Crippen LogP contribution in [0.1, 0.15) is 28.9 Å². The van der Waals surface area contributed by atoms with Crippen molar-refractivity contribution < 1.29 is 9.59 Å². The molecule has 0 spiro atoms. The number of nitrogens with two attached hydrogens (primary N) is 1. The van der Waals surface area contributed by atoms with Crippen LogP contribution in [0.15, 0.2) is 24.3 Å². The zero-order valence-electron chi connectivity index (χ0n) is 8.78. The van der Waals surface area contributed by atoms with Crippen molar-refractivity contribution in [3.63, 3.8) is 0 Å². The van der Waals surface area contributed by atoms with E-state index in [1.807, 2.05) is 0 Å². The lowest BCUT2D eigenvalue weighted by Gasteiger charge is -2.08. The van der Waals surface area contributed by atoms with Gasteiger partial charge in [-0.2, -0.15) is 0 Å². The molecule has 0 aliphatic rings. The van der Waals surface area contributed by atoms with Crippen molar-refractivity contribution in [1.82, 2.24) is 5.32 Å². The summed E-state index contributed by atoms with van der Waals surface area (Å²) in [5, 5.41) is 2.52. The Balaban J connectivity index is 2.90. The van der Waals surface area contributed by atoms with E-state index in [0.29, 0.717) is 5.56 Å². The third-order valence-electron chi connectivity index (χ3n) is 2.20. The lowest BCUT2D eigenvalue weighted by molar-refractivity contribution is -0.118. The van der Waals surface area contributed by atoms with Gasteiger partial charge in [0.1, 0.15) is 0 Å². The number of carbonyl (C=O) groups is 2. The van der Waals surface area contributed by atoms with Crippen LogP contribution in [-0.2, 0) is 4.79 Å². The minimum absolute atomic E-state index is 0.0947. The molecule has 0 saturated heterocycles. The van der Waals surface area contributed by atoms with Crippen molar-refractivity contribution in [3.05, 3.63) is 35.4 Å². The van der Waals surface area contributed by atoms with Crippen LogP contribution in [0.2, 0.25) is 0 Å². The molecule has 4 heteroatoms. The number of rotatable bonds is 3. The van der Waals surface area contributed by atoms with Crippen LogP contribution in [0.3, 0.4) is 0 Å². The number of ketones is 1. The van der Waals surface area contributed by atoms with E-state index in [4.69, 9.17) is 5.73 Å². The first-order valence-electron chi connectivity index (χ1n) is 4.64. The number of amides is 1. The fraction of sp³-hybridized carbons (Fsp3) is 0.273. The molecular formula is C11H14N2O2. The highest BCUT2D eigenvalue weighted by Gasteiger charge is 2.11. The van der Waals surface area contributed by atoms with Crippen molar-refractivity contribution in [3.8, 4) is 0 Å². The summed E-state index contributed by atoms with van der Waals surface area (Å²) >= 11 is 0. The minimum atomic E-state index is -0.608. The number of nitrogens with one attached hydrogen (secondary N) is 1. The Morgan fingerprint density at radius 2 is 1.80 bits per heavy atom. The maximum atomic E-state index is 11.2. The van der Waals surface area contributed by atoms with Crippen molar-refractivity contribution >= 4 is 11.7 Å². The van der Waals surface area contributed by atoms with E-state index in [-0.39, 0.29) is 11.7 Å². The zero-order chi connectivity index (χ0) is 11.4. The molecule has 3 N–H and O–H groups in total. The van der Waals surface area contributed by atoms with E-state index in [0.717, 1.165) is 5.56 Å². The third kappa shape index (κ3) is 2.63. The Bertz CT molecular complexity index is 371. The molecule has 1 atom stereocenters. The molecule has 0 bridgehead atoms. The molecular weight excluding hydrogens is 192 g/mol. The SMILES string of the molecule is CNC(=O)c1ccc(C(N)C(C)=O)cc1. The van der Waals surface area contributed by atoms with Crippen molar-refractivity contribution in [2.45, 2.75) is 13.0 Å². The highest BCUT2D eigenvalue weighted by molar-refractivity contribution is 5.94. The first kappa shape index (κ1) is 11.4. The molecule has 0 heterocycles. The molecule has 4 nitrogen and oxygen atoms in total. The van der Waals surface area contributed by atoms with Crippen LogP contribution < -0.4 is 11.1 Å². The quantitative estimate of drug-likeness (QED) is 0.762. The summed E-state index contributed by atoms with van der Waals surface area (Å²) in [6.45, 7) is 1.44. The third-order valence-corrected chi connectivity index (χ3v) is 2.20. The van der Waals surface area contributed by atoms with Gasteiger partial charge in [0.2, 0.25) is 0 Å². The number of benzene rings is 1. The van der Waals surface area contributed by atoms with E-state index in [9.17, 15) is 9.59 Å². The average Bonchev–Trinajstić information content (AvgIpc) is 2.27. The standard InChI is InChI=1S/C11H14N2O2/c1-7(14)10(12)8-3-5-9(6-4-8)11(15)13-2/h3-6,10H,12H2,1-2H3,(H,13,15). The molecule has 0 saturated carbocycles. The van der Waals surface area contributed by atoms with E-state index in [1.54, 1.807) is 31.3 Å². The molecule has 0 aromatic heterocycles. The molecule has 1 unspecified atom stereocenters. The number of hydrogen-bond acceptors (Lipinski definition) is 3. The molecule has 0 aliphatic heterocycles. The average molecular weight is 206 g/mol. The van der Waals surface area contributed by atoms with Crippen LogP contribution in [0.4, 0.5) is 0 Å². The van der Waals surface area contributed by atoms with Crippen LogP contribution in [0.25, 0.3) is 0 Å². The summed E-state index contributed by atoms with van der Waals surface area (Å²) in [6, 6.07) is 6.07. The van der Waals surface area contributed by atoms with Crippen LogP contribution in [0.5, 0.6) is 0 Å². The van der Waals surface area contributed by atoms with E-state index < -0.39 is 6.04 Å². The summed E-state index contributed by atoms with van der Waals surface area (Å²) < 4.78 is 0. The van der Waals surface area contributed by atoms with Gasteiger partial charge in [-0.05, 0) is 24.6 Å². The lowest BCUT2D eigenvalue weighted by atomic mass is 10.0. The van der Waals surface area contributed by atoms with Crippen LogP contribution >= 0.6 is 0 Å². The Labute approximate surface area is 88.5 Å². The molecule has 15 heavy (non-hydrogen) atoms. The maximum absolute atomic E-state index is 11.2. The summed E-state index contributed by atoms with van der Waals surface area (Å²) in [4.78, 5) is 22.2. The van der Waals surface area contributed by atoms with Crippen molar-refractivity contribution in [1.29, 1.82) is 0 Å². The minimum Gasteiger partial charge on any atom is -0.355 e. The van der Waals surface area contributed by atoms with Gasteiger partial charge in [-0.3, -0.25) is 9.59 Å². The van der Waals surface area contributed by atoms with E-state index in [1.165, 1.54) is 6.92 Å². The summed E-state index contributed by atoms with van der Waals surface area (Å²) in [6.07, 6.45) is 0. The van der Waals surface area contributed by atoms with Gasteiger partial charge in [-0.25, -0.2) is 0 Å². The molecule has 1 aromatic carbocycles. The fourth-order valence-corrected chi connectivity index (χ4v) is 1.22. The summed E-state index contributed by atoms with van der Waals surface area (Å²) in [5.74, 6) is -0.249. The van der Waals surface area contributed by atoms with Gasteiger partial charge in [0, 0.05) is 12.6 Å². The van der Waals surface area contributed by atoms with Gasteiger partial charge in [0.05, 0.1) is 6.04 Å². The highest BCUT2D eigenvalue weighted by atomic mass is 16.1. The Kier molecular flexibility index (Phi) is 3.57. The molecule has 1 amide bonds. The van der Waals surface area contributed by atoms with Crippen LogP contribution in [-0.4, -0.2) is 18.7 Å². The van der Waals surface area contributed by atoms with E-state index >= 15 is 0 Å². The first-order chi connectivity index (χ1) is 7.06. The molecule has 1 rings (SSSR count). The number of Topliss-reactive ketones (excluding diaryl/α,β-unsaturated/α-hetero) is 1. The summed E-state index contributed by atoms with van der Waals surface area (Å²) in [5.41, 5.74) is 6.92. The Hall–Kier alpha value is -1.68. The molecule has 1 aromatic rings. The number of hydrogen-bond donors (Lipinski definition) is 2. The van der Waals surface area contributed by atoms with Gasteiger partial charge in [0.25, 0.3) is 5.91 Å². The zero-order valence-corrected chi connectivity index (χ0v) is 8.78. The van der Waals surface area contributed by atoms with Crippen molar-refractivity contribution in [2.24, 2.45) is 5.73 Å². The second kappa shape index (κ2) is 4.70. The van der Waals surface area contributed by atoms with Gasteiger partial charge < -0.3 is 11.1 Å². The van der Waals surface area contributed by atoms with Gasteiger partial charge in [-0.1, -0.05) is 12.1 Å². The predicted molar refractivity (Wildman–Crippen MR) is 57.4 cm³/mol. The fourth-order valence-electron chi connectivity index (χ4n) is 1.22. The van der Waals surface area contributed by atoms with Gasteiger partial charge >= 0.3 is 0 Å². The van der Waals surface area contributed by atoms with E-state index in [2.05, 4.69) is 5.32 Å². The topological polar surface area (TPSA) is 72.2 Å². The molecule has 0 aliphatic carbocycles. The summed E-state index contributed by atoms with van der Waals surface area (Å²) in [7, 11) is 1.57. The number of carbonyl (C=O) groups excluding carboxylic acids is 2. The smallest absolute Gasteiger partial charge is 0.251 e. The highest BCUT2D eigenvalue weighted by Crippen LogP contribution is 2.12. The Morgan fingerprint density at radius 3 is 2.20 bits per heavy atom. The Morgan fingerprint density at radius 1 is 1.27 bits per heavy atom. The van der Waals surface area contributed by atoms with Gasteiger partial charge in [-0.15, -0.1) is 0 Å². The normalized spacial score (nSPS) is 11.9. The molecule has 80 valence electrons. The monoisotopic (exact) mass is 206 g/mol. The molecule has 0 fully saturated rings. The van der Waals surface area contributed by atoms with Crippen molar-refractivity contribution in [2.75, 3.05) is 7.05 Å². The van der Waals surface area contributed by atoms with Gasteiger partial charge in [0.15, 0.2) is 5.78 Å². The molecule has 0 radical (unpaired) electrons. The predicted octanol–water partition coefficient (Wildman–Crippen LogP) is 0.635.